The quantitative estimate of drug-likeness (QED) is 0.375. The summed E-state index contributed by atoms with van der Waals surface area (Å²) in [6.45, 7) is 28.1. The molecule has 0 aliphatic rings. The smallest absolute Gasteiger partial charge is 0.0163 e. The zero-order valence-corrected chi connectivity index (χ0v) is 16.1. The average molecular weight is 334 g/mol. The normalized spacial score (nSPS) is 11.4. The minimum Gasteiger partial charge on any atom is -0.301 e. The molecule has 0 radical (unpaired) electrons. The molecular weight excluding hydrogens is 294 g/mol. The van der Waals surface area contributed by atoms with E-state index in [2.05, 4.69) is 54.9 Å². The van der Waals surface area contributed by atoms with E-state index in [9.17, 15) is 0 Å². The second-order valence-corrected chi connectivity index (χ2v) is 6.51. The van der Waals surface area contributed by atoms with Crippen molar-refractivity contribution in [2.45, 2.75) is 32.7 Å². The summed E-state index contributed by atoms with van der Waals surface area (Å²) >= 11 is 0. The van der Waals surface area contributed by atoms with Gasteiger partial charge in [0.15, 0.2) is 0 Å². The molecule has 3 heteroatoms. The van der Waals surface area contributed by atoms with Crippen LogP contribution in [0.3, 0.4) is 0 Å². The third-order valence-corrected chi connectivity index (χ3v) is 4.12. The van der Waals surface area contributed by atoms with Gasteiger partial charge in [-0.25, -0.2) is 0 Å². The monoisotopic (exact) mass is 333 g/mol. The van der Waals surface area contributed by atoms with Crippen LogP contribution in [0.25, 0.3) is 0 Å². The Bertz CT molecular complexity index is 299. The Morgan fingerprint density at radius 2 is 0.958 bits per heavy atom. The molecule has 0 saturated carbocycles. The molecule has 3 nitrogen and oxygen atoms in total. The highest BCUT2D eigenvalue weighted by Crippen LogP contribution is 2.04. The number of hydrogen-bond acceptors (Lipinski definition) is 3. The fourth-order valence-corrected chi connectivity index (χ4v) is 2.87. The maximum Gasteiger partial charge on any atom is 0.0163 e. The van der Waals surface area contributed by atoms with Crippen LogP contribution in [0, 0.1) is 0 Å². The Morgan fingerprint density at radius 3 is 1.21 bits per heavy atom. The summed E-state index contributed by atoms with van der Waals surface area (Å²) in [5.41, 5.74) is 0. The predicted octanol–water partition coefficient (Wildman–Crippen LogP) is 3.83. The molecule has 0 spiro atoms. The van der Waals surface area contributed by atoms with Crippen molar-refractivity contribution in [3.63, 3.8) is 0 Å². The van der Waals surface area contributed by atoms with Crippen LogP contribution in [-0.2, 0) is 0 Å². The van der Waals surface area contributed by atoms with Gasteiger partial charge in [-0.3, -0.25) is 9.80 Å². The highest BCUT2D eigenvalue weighted by Gasteiger charge is 2.11. The van der Waals surface area contributed by atoms with Crippen LogP contribution in [0.15, 0.2) is 50.6 Å². The van der Waals surface area contributed by atoms with Gasteiger partial charge in [-0.05, 0) is 39.8 Å². The second-order valence-electron chi connectivity index (χ2n) is 6.51. The third kappa shape index (κ3) is 11.4. The Balaban J connectivity index is 4.19. The van der Waals surface area contributed by atoms with Crippen molar-refractivity contribution in [2.75, 3.05) is 52.4 Å². The standard InChI is InChI=1S/C21H39N3/c1-7-13-22(14-8-2)17-11-19-24(21(5)6)20-12-18-23(15-9-3)16-10-4/h7-10,21H,1-4,11-20H2,5-6H3. The zero-order chi connectivity index (χ0) is 18.2. The molecule has 0 aromatic heterocycles. The van der Waals surface area contributed by atoms with E-state index in [-0.39, 0.29) is 0 Å². The van der Waals surface area contributed by atoms with Crippen LogP contribution in [0.1, 0.15) is 26.7 Å². The highest BCUT2D eigenvalue weighted by molar-refractivity contribution is 4.81. The van der Waals surface area contributed by atoms with Crippen LogP contribution >= 0.6 is 0 Å². The highest BCUT2D eigenvalue weighted by atomic mass is 15.2. The lowest BCUT2D eigenvalue weighted by Crippen LogP contribution is -2.37. The first-order valence-corrected chi connectivity index (χ1v) is 9.21. The Hall–Kier alpha value is -1.16. The zero-order valence-electron chi connectivity index (χ0n) is 16.1. The van der Waals surface area contributed by atoms with Crippen molar-refractivity contribution in [1.82, 2.24) is 14.7 Å². The lowest BCUT2D eigenvalue weighted by molar-refractivity contribution is 0.191. The molecule has 0 fully saturated rings. The van der Waals surface area contributed by atoms with E-state index in [1.165, 1.54) is 12.8 Å². The number of nitrogens with zero attached hydrogens (tertiary/aromatic N) is 3. The molecule has 24 heavy (non-hydrogen) atoms. The molecule has 0 rings (SSSR count). The molecule has 0 bridgehead atoms. The second kappa shape index (κ2) is 15.4. The summed E-state index contributed by atoms with van der Waals surface area (Å²) < 4.78 is 0. The molecule has 0 atom stereocenters. The Morgan fingerprint density at radius 1 is 0.625 bits per heavy atom. The van der Waals surface area contributed by atoms with Crippen molar-refractivity contribution in [3.8, 4) is 0 Å². The third-order valence-electron chi connectivity index (χ3n) is 4.12. The van der Waals surface area contributed by atoms with Gasteiger partial charge in [-0.1, -0.05) is 24.3 Å². The fraction of sp³-hybridized carbons (Fsp3) is 0.619. The van der Waals surface area contributed by atoms with E-state index < -0.39 is 0 Å². The van der Waals surface area contributed by atoms with Crippen molar-refractivity contribution in [2.24, 2.45) is 0 Å². The summed E-state index contributed by atoms with van der Waals surface area (Å²) in [6, 6.07) is 0.588. The van der Waals surface area contributed by atoms with E-state index in [1.807, 2.05) is 24.3 Å². The minimum atomic E-state index is 0.588. The maximum absolute atomic E-state index is 3.84. The van der Waals surface area contributed by atoms with Crippen LogP contribution in [0.4, 0.5) is 0 Å². The molecule has 0 heterocycles. The number of rotatable bonds is 17. The summed E-state index contributed by atoms with van der Waals surface area (Å²) in [6.07, 6.45) is 10.2. The molecule has 0 unspecified atom stereocenters. The first-order valence-electron chi connectivity index (χ1n) is 9.21. The van der Waals surface area contributed by atoms with Gasteiger partial charge in [-0.15, -0.1) is 26.3 Å². The minimum absolute atomic E-state index is 0.588. The molecular formula is C21H39N3. The SMILES string of the molecule is C=CCN(CC=C)CCCN(CCCN(CC=C)CC=C)C(C)C. The largest absolute Gasteiger partial charge is 0.301 e. The number of hydrogen-bond donors (Lipinski definition) is 0. The molecule has 0 amide bonds. The van der Waals surface area contributed by atoms with Crippen LogP contribution in [0.5, 0.6) is 0 Å². The van der Waals surface area contributed by atoms with Gasteiger partial charge in [0.25, 0.3) is 0 Å². The van der Waals surface area contributed by atoms with Crippen molar-refractivity contribution < 1.29 is 0 Å². The lowest BCUT2D eigenvalue weighted by atomic mass is 10.2. The van der Waals surface area contributed by atoms with Crippen molar-refractivity contribution >= 4 is 0 Å². The predicted molar refractivity (Wildman–Crippen MR) is 110 cm³/mol. The Labute approximate surface area is 151 Å². The van der Waals surface area contributed by atoms with Crippen LogP contribution in [0.2, 0.25) is 0 Å². The molecule has 0 aliphatic heterocycles. The molecule has 0 N–H and O–H groups in total. The first-order chi connectivity index (χ1) is 11.6. The molecule has 138 valence electrons. The van der Waals surface area contributed by atoms with E-state index in [0.29, 0.717) is 6.04 Å². The average Bonchev–Trinajstić information content (AvgIpc) is 2.54. The van der Waals surface area contributed by atoms with E-state index in [0.717, 1.165) is 52.4 Å². The van der Waals surface area contributed by atoms with Crippen LogP contribution in [-0.4, -0.2) is 73.1 Å². The van der Waals surface area contributed by atoms with Gasteiger partial charge in [0, 0.05) is 45.3 Å². The maximum atomic E-state index is 3.84. The summed E-state index contributed by atoms with van der Waals surface area (Å²) in [7, 11) is 0. The molecule has 0 aromatic carbocycles. The van der Waals surface area contributed by atoms with Gasteiger partial charge in [0.05, 0.1) is 0 Å². The fourth-order valence-electron chi connectivity index (χ4n) is 2.87. The van der Waals surface area contributed by atoms with Gasteiger partial charge in [-0.2, -0.15) is 0 Å². The van der Waals surface area contributed by atoms with Gasteiger partial charge in [0.2, 0.25) is 0 Å². The van der Waals surface area contributed by atoms with Gasteiger partial charge in [0.1, 0.15) is 0 Å². The molecule has 0 aromatic rings. The van der Waals surface area contributed by atoms with E-state index in [4.69, 9.17) is 0 Å². The van der Waals surface area contributed by atoms with Crippen molar-refractivity contribution in [3.05, 3.63) is 50.6 Å². The summed E-state index contributed by atoms with van der Waals surface area (Å²) in [4.78, 5) is 7.35. The molecule has 0 saturated heterocycles. The van der Waals surface area contributed by atoms with Gasteiger partial charge >= 0.3 is 0 Å². The van der Waals surface area contributed by atoms with Crippen molar-refractivity contribution in [1.29, 1.82) is 0 Å². The van der Waals surface area contributed by atoms with E-state index in [1.54, 1.807) is 0 Å². The summed E-state index contributed by atoms with van der Waals surface area (Å²) in [5.74, 6) is 0. The first kappa shape index (κ1) is 22.8. The van der Waals surface area contributed by atoms with E-state index >= 15 is 0 Å². The topological polar surface area (TPSA) is 9.72 Å². The Kier molecular flexibility index (Phi) is 14.6. The van der Waals surface area contributed by atoms with Gasteiger partial charge < -0.3 is 4.90 Å². The molecule has 0 aliphatic carbocycles. The lowest BCUT2D eigenvalue weighted by Gasteiger charge is -2.29. The summed E-state index contributed by atoms with van der Waals surface area (Å²) in [5, 5.41) is 0. The van der Waals surface area contributed by atoms with Crippen LogP contribution < -0.4 is 0 Å².